The molecule has 0 spiro atoms. The van der Waals surface area contributed by atoms with Crippen molar-refractivity contribution in [2.24, 2.45) is 0 Å². The zero-order chi connectivity index (χ0) is 14.9. The highest BCUT2D eigenvalue weighted by Gasteiger charge is 2.19. The van der Waals surface area contributed by atoms with Gasteiger partial charge in [-0.05, 0) is 62.5 Å². The first-order valence-corrected chi connectivity index (χ1v) is 9.58. The van der Waals surface area contributed by atoms with Crippen LogP contribution in [0.15, 0.2) is 37.4 Å². The molecular formula is C12H12Br2N2O2S2. The van der Waals surface area contributed by atoms with Gasteiger partial charge in [0.15, 0.2) is 0 Å². The van der Waals surface area contributed by atoms with E-state index in [9.17, 15) is 8.42 Å². The van der Waals surface area contributed by atoms with Crippen LogP contribution >= 0.6 is 43.2 Å². The first-order chi connectivity index (χ1) is 9.33. The van der Waals surface area contributed by atoms with E-state index in [1.54, 1.807) is 18.2 Å². The monoisotopic (exact) mass is 438 g/mol. The first-order valence-electron chi connectivity index (χ1n) is 5.69. The van der Waals surface area contributed by atoms with Crippen LogP contribution in [0.5, 0.6) is 0 Å². The fraction of sp³-hybridized carbons (Fsp3) is 0.167. The van der Waals surface area contributed by atoms with Crippen LogP contribution in [0.2, 0.25) is 0 Å². The van der Waals surface area contributed by atoms with E-state index in [0.29, 0.717) is 24.5 Å². The van der Waals surface area contributed by atoms with Crippen LogP contribution in [0.3, 0.4) is 0 Å². The topological polar surface area (TPSA) is 72.2 Å². The van der Waals surface area contributed by atoms with Gasteiger partial charge in [0.25, 0.3) is 10.0 Å². The van der Waals surface area contributed by atoms with E-state index < -0.39 is 10.0 Å². The number of thiophene rings is 1. The third-order valence-corrected chi connectivity index (χ3v) is 6.87. The number of hydrogen-bond acceptors (Lipinski definition) is 4. The van der Waals surface area contributed by atoms with Crippen LogP contribution in [0.4, 0.5) is 11.4 Å². The molecule has 8 heteroatoms. The van der Waals surface area contributed by atoms with E-state index in [0.717, 1.165) is 11.3 Å². The molecule has 3 N–H and O–H groups in total. The van der Waals surface area contributed by atoms with Crippen molar-refractivity contribution in [3.63, 3.8) is 0 Å². The number of benzene rings is 1. The molecule has 0 radical (unpaired) electrons. The van der Waals surface area contributed by atoms with Crippen molar-refractivity contribution in [3.8, 4) is 0 Å². The molecule has 4 nitrogen and oxygen atoms in total. The summed E-state index contributed by atoms with van der Waals surface area (Å²) in [4.78, 5) is 1.03. The number of nitrogens with one attached hydrogen (secondary N) is 1. The van der Waals surface area contributed by atoms with Gasteiger partial charge >= 0.3 is 0 Å². The minimum absolute atomic E-state index is 0.296. The lowest BCUT2D eigenvalue weighted by molar-refractivity contribution is 0.603. The van der Waals surface area contributed by atoms with Gasteiger partial charge in [-0.15, -0.1) is 11.3 Å². The van der Waals surface area contributed by atoms with Gasteiger partial charge in [0.2, 0.25) is 0 Å². The van der Waals surface area contributed by atoms with Crippen LogP contribution in [-0.4, -0.2) is 8.42 Å². The molecule has 108 valence electrons. The van der Waals surface area contributed by atoms with E-state index in [4.69, 9.17) is 5.73 Å². The Labute approximate surface area is 138 Å². The standard InChI is InChI=1S/C12H12Br2N2O2S2/c1-2-8-3-4-11(19-8)20(17,18)16-12-9(13)5-7(15)6-10(12)14/h3-6,16H,2,15H2,1H3. The maximum absolute atomic E-state index is 12.3. The smallest absolute Gasteiger partial charge is 0.271 e. The molecule has 0 bridgehead atoms. The van der Waals surface area contributed by atoms with Crippen molar-refractivity contribution in [1.82, 2.24) is 0 Å². The third-order valence-electron chi connectivity index (χ3n) is 2.55. The summed E-state index contributed by atoms with van der Waals surface area (Å²) in [6.07, 6.45) is 0.815. The molecule has 0 unspecified atom stereocenters. The van der Waals surface area contributed by atoms with E-state index in [1.807, 2.05) is 13.0 Å². The summed E-state index contributed by atoms with van der Waals surface area (Å²) in [6, 6.07) is 6.74. The van der Waals surface area contributed by atoms with Crippen molar-refractivity contribution in [2.45, 2.75) is 17.6 Å². The van der Waals surface area contributed by atoms with Gasteiger partial charge in [-0.2, -0.15) is 0 Å². The average molecular weight is 440 g/mol. The Morgan fingerprint density at radius 1 is 1.25 bits per heavy atom. The summed E-state index contributed by atoms with van der Waals surface area (Å²) < 4.78 is 28.7. The van der Waals surface area contributed by atoms with Crippen molar-refractivity contribution in [3.05, 3.63) is 38.1 Å². The van der Waals surface area contributed by atoms with Crippen molar-refractivity contribution in [2.75, 3.05) is 10.5 Å². The molecule has 0 aliphatic rings. The van der Waals surface area contributed by atoms with Gasteiger partial charge in [0, 0.05) is 19.5 Å². The average Bonchev–Trinajstić information content (AvgIpc) is 2.83. The Hall–Kier alpha value is -0.570. The summed E-state index contributed by atoms with van der Waals surface area (Å²) in [5.74, 6) is 0. The molecule has 0 saturated carbocycles. The molecule has 2 aromatic rings. The Morgan fingerprint density at radius 2 is 1.85 bits per heavy atom. The van der Waals surface area contributed by atoms with Gasteiger partial charge in [0.1, 0.15) is 4.21 Å². The highest BCUT2D eigenvalue weighted by molar-refractivity contribution is 9.11. The van der Waals surface area contributed by atoms with Crippen LogP contribution in [-0.2, 0) is 16.4 Å². The molecule has 0 saturated heterocycles. The second kappa shape index (κ2) is 6.05. The minimum Gasteiger partial charge on any atom is -0.399 e. The van der Waals surface area contributed by atoms with Gasteiger partial charge in [-0.1, -0.05) is 6.92 Å². The SMILES string of the molecule is CCc1ccc(S(=O)(=O)Nc2c(Br)cc(N)cc2Br)s1. The first kappa shape index (κ1) is 15.8. The second-order valence-electron chi connectivity index (χ2n) is 4.04. The fourth-order valence-electron chi connectivity index (χ4n) is 1.57. The molecule has 2 rings (SSSR count). The lowest BCUT2D eigenvalue weighted by Crippen LogP contribution is -2.12. The largest absolute Gasteiger partial charge is 0.399 e. The number of rotatable bonds is 4. The molecule has 1 aromatic carbocycles. The summed E-state index contributed by atoms with van der Waals surface area (Å²) in [5.41, 5.74) is 6.66. The maximum atomic E-state index is 12.3. The molecule has 0 fully saturated rings. The molecule has 0 amide bonds. The molecule has 20 heavy (non-hydrogen) atoms. The molecule has 0 aliphatic heterocycles. The summed E-state index contributed by atoms with van der Waals surface area (Å²) >= 11 is 7.89. The Balaban J connectivity index is 2.38. The van der Waals surface area contributed by atoms with Crippen LogP contribution in [0, 0.1) is 0 Å². The normalized spacial score (nSPS) is 11.6. The van der Waals surface area contributed by atoms with Crippen LogP contribution in [0.1, 0.15) is 11.8 Å². The number of hydrogen-bond donors (Lipinski definition) is 2. The quantitative estimate of drug-likeness (QED) is 0.700. The lowest BCUT2D eigenvalue weighted by Gasteiger charge is -2.11. The highest BCUT2D eigenvalue weighted by Crippen LogP contribution is 2.35. The number of nitrogen functional groups attached to an aromatic ring is 1. The van der Waals surface area contributed by atoms with Gasteiger partial charge in [-0.3, -0.25) is 4.72 Å². The fourth-order valence-corrected chi connectivity index (χ4v) is 5.65. The van der Waals surface area contributed by atoms with Gasteiger partial charge in [-0.25, -0.2) is 8.42 Å². The summed E-state index contributed by atoms with van der Waals surface area (Å²) in [7, 11) is -3.59. The number of aryl methyl sites for hydroxylation is 1. The van der Waals surface area contributed by atoms with Crippen molar-refractivity contribution in [1.29, 1.82) is 0 Å². The van der Waals surface area contributed by atoms with Crippen molar-refractivity contribution >= 4 is 64.6 Å². The Kier molecular flexibility index (Phi) is 4.78. The number of anilines is 2. The number of nitrogens with two attached hydrogens (primary N) is 1. The van der Waals surface area contributed by atoms with Crippen LogP contribution < -0.4 is 10.5 Å². The molecule has 0 atom stereocenters. The molecular weight excluding hydrogens is 428 g/mol. The highest BCUT2D eigenvalue weighted by atomic mass is 79.9. The maximum Gasteiger partial charge on any atom is 0.271 e. The van der Waals surface area contributed by atoms with Crippen LogP contribution in [0.25, 0.3) is 0 Å². The Bertz CT molecular complexity index is 719. The predicted molar refractivity (Wildman–Crippen MR) is 90.8 cm³/mol. The van der Waals surface area contributed by atoms with Gasteiger partial charge < -0.3 is 5.73 Å². The predicted octanol–water partition coefficient (Wildman–Crippen LogP) is 4.22. The minimum atomic E-state index is -3.59. The van der Waals surface area contributed by atoms with Gasteiger partial charge in [0.05, 0.1) is 5.69 Å². The summed E-state index contributed by atoms with van der Waals surface area (Å²) in [6.45, 7) is 1.99. The van der Waals surface area contributed by atoms with E-state index in [-0.39, 0.29) is 0 Å². The molecule has 1 heterocycles. The summed E-state index contributed by atoms with van der Waals surface area (Å²) in [5, 5.41) is 0. The third kappa shape index (κ3) is 3.36. The lowest BCUT2D eigenvalue weighted by atomic mass is 10.3. The number of sulfonamides is 1. The number of halogens is 2. The molecule has 0 aliphatic carbocycles. The van der Waals surface area contributed by atoms with E-state index in [1.165, 1.54) is 11.3 Å². The van der Waals surface area contributed by atoms with E-state index in [2.05, 4.69) is 36.6 Å². The second-order valence-corrected chi connectivity index (χ2v) is 8.83. The molecule has 1 aromatic heterocycles. The Morgan fingerprint density at radius 3 is 2.35 bits per heavy atom. The van der Waals surface area contributed by atoms with E-state index >= 15 is 0 Å². The zero-order valence-electron chi connectivity index (χ0n) is 10.5. The van der Waals surface area contributed by atoms with Crippen molar-refractivity contribution < 1.29 is 8.42 Å². The zero-order valence-corrected chi connectivity index (χ0v) is 15.3.